The molecule has 5 atom stereocenters. The number of rotatable bonds is 8. The van der Waals surface area contributed by atoms with E-state index in [0.29, 0.717) is 11.1 Å². The van der Waals surface area contributed by atoms with Crippen LogP contribution in [-0.4, -0.2) is 92.7 Å². The lowest BCUT2D eigenvalue weighted by molar-refractivity contribution is -0.319. The number of nitrogens with one attached hydrogen (secondary N) is 1. The fraction of sp³-hybridized carbons (Fsp3) is 0.435. The molecule has 0 radical (unpaired) electrons. The molecular formula is C23H30N2O9. The summed E-state index contributed by atoms with van der Waals surface area (Å²) in [6.45, 7) is 0.337. The van der Waals surface area contributed by atoms with E-state index in [-0.39, 0.29) is 19.0 Å². The molecule has 2 aromatic carbocycles. The summed E-state index contributed by atoms with van der Waals surface area (Å²) >= 11 is 0. The summed E-state index contributed by atoms with van der Waals surface area (Å²) in [7, 11) is 0. The zero-order valence-electron chi connectivity index (χ0n) is 18.5. The van der Waals surface area contributed by atoms with Gasteiger partial charge in [0.1, 0.15) is 24.1 Å². The number of aliphatic hydroxyl groups is 6. The second-order valence-electron chi connectivity index (χ2n) is 8.23. The van der Waals surface area contributed by atoms with Gasteiger partial charge in [-0.1, -0.05) is 18.2 Å². The fourth-order valence-electron chi connectivity index (χ4n) is 3.57. The van der Waals surface area contributed by atoms with Gasteiger partial charge in [-0.15, -0.1) is 0 Å². The maximum absolute atomic E-state index is 12.4. The Bertz CT molecular complexity index is 996. The maximum atomic E-state index is 12.4. The number of carbonyl (C=O) groups is 1. The third-order valence-electron chi connectivity index (χ3n) is 5.68. The number of carbonyl (C=O) groups excluding carboxylic acids is 1. The van der Waals surface area contributed by atoms with Crippen LogP contribution in [0.15, 0.2) is 42.5 Å². The number of aryl methyl sites for hydroxylation is 1. The minimum Gasteiger partial charge on any atom is -0.460 e. The first-order chi connectivity index (χ1) is 16.1. The highest BCUT2D eigenvalue weighted by atomic mass is 16.7. The molecule has 0 bridgehead atoms. The van der Waals surface area contributed by atoms with Crippen molar-refractivity contribution in [2.75, 3.05) is 19.8 Å². The Balaban J connectivity index is 1.80. The molecule has 1 aliphatic rings. The molecule has 2 aromatic rings. The molecule has 0 aliphatic carbocycles. The van der Waals surface area contributed by atoms with Gasteiger partial charge < -0.3 is 45.4 Å². The zero-order chi connectivity index (χ0) is 25.0. The first-order valence-electron chi connectivity index (χ1n) is 10.7. The van der Waals surface area contributed by atoms with Crippen molar-refractivity contribution in [2.45, 2.75) is 43.3 Å². The summed E-state index contributed by atoms with van der Waals surface area (Å²) in [6, 6.07) is 11.1. The van der Waals surface area contributed by atoms with E-state index in [1.165, 1.54) is 0 Å². The molecule has 0 unspecified atom stereocenters. The average Bonchev–Trinajstić information content (AvgIpc) is 2.84. The van der Waals surface area contributed by atoms with E-state index in [1.807, 2.05) is 0 Å². The zero-order valence-corrected chi connectivity index (χ0v) is 18.5. The summed E-state index contributed by atoms with van der Waals surface area (Å²) in [5.74, 6) is -0.164. The second kappa shape index (κ2) is 10.8. The molecule has 1 saturated heterocycles. The molecule has 3 rings (SSSR count). The number of amides is 1. The van der Waals surface area contributed by atoms with E-state index in [2.05, 4.69) is 5.32 Å². The molecule has 1 heterocycles. The first-order valence-corrected chi connectivity index (χ1v) is 10.7. The number of benzene rings is 2. The van der Waals surface area contributed by atoms with Crippen molar-refractivity contribution in [3.05, 3.63) is 53.6 Å². The van der Waals surface area contributed by atoms with Crippen LogP contribution in [0.3, 0.4) is 0 Å². The lowest BCUT2D eigenvalue weighted by atomic mass is 9.94. The van der Waals surface area contributed by atoms with Gasteiger partial charge in [0.25, 0.3) is 5.91 Å². The standard InChI is InChI=1S/C23H30N2O9/c1-12-7-14(13-3-2-4-15(8-13)21(31)25-16(9-26)10-27)5-6-17(12)33-22-23(24,32)20(30)19(29)18(11-28)34-22/h2-8,16,18-20,22,26-30,32H,9-11,24H2,1H3,(H,25,31)/t18-,19-,20+,22+,23+/m1/s1. The lowest BCUT2D eigenvalue weighted by Crippen LogP contribution is -2.72. The normalized spacial score (nSPS) is 27.0. The largest absolute Gasteiger partial charge is 0.460 e. The minimum absolute atomic E-state index is 0.278. The van der Waals surface area contributed by atoms with Crippen LogP contribution in [0.5, 0.6) is 5.75 Å². The second-order valence-corrected chi connectivity index (χ2v) is 8.23. The Morgan fingerprint density at radius 1 is 1.15 bits per heavy atom. The van der Waals surface area contributed by atoms with Crippen molar-refractivity contribution < 1.29 is 44.9 Å². The van der Waals surface area contributed by atoms with Gasteiger partial charge in [-0.25, -0.2) is 0 Å². The quantitative estimate of drug-likeness (QED) is 0.201. The van der Waals surface area contributed by atoms with Gasteiger partial charge in [-0.05, 0) is 47.9 Å². The van der Waals surface area contributed by atoms with Crippen LogP contribution in [0.25, 0.3) is 11.1 Å². The molecule has 11 heteroatoms. The van der Waals surface area contributed by atoms with Crippen molar-refractivity contribution in [1.82, 2.24) is 5.32 Å². The molecule has 9 N–H and O–H groups in total. The van der Waals surface area contributed by atoms with Crippen molar-refractivity contribution in [1.29, 1.82) is 0 Å². The number of ether oxygens (including phenoxy) is 2. The number of aliphatic hydroxyl groups excluding tert-OH is 5. The van der Waals surface area contributed by atoms with E-state index < -0.39 is 48.9 Å². The monoisotopic (exact) mass is 478 g/mol. The third kappa shape index (κ3) is 5.37. The smallest absolute Gasteiger partial charge is 0.251 e. The predicted molar refractivity (Wildman–Crippen MR) is 120 cm³/mol. The van der Waals surface area contributed by atoms with Crippen LogP contribution >= 0.6 is 0 Å². The van der Waals surface area contributed by atoms with Gasteiger partial charge in [0.05, 0.1) is 25.9 Å². The Hall–Kier alpha value is -2.61. The van der Waals surface area contributed by atoms with E-state index >= 15 is 0 Å². The van der Waals surface area contributed by atoms with Gasteiger partial charge in [-0.3, -0.25) is 10.5 Å². The Morgan fingerprint density at radius 3 is 2.44 bits per heavy atom. The van der Waals surface area contributed by atoms with Crippen molar-refractivity contribution in [3.8, 4) is 16.9 Å². The maximum Gasteiger partial charge on any atom is 0.251 e. The van der Waals surface area contributed by atoms with Crippen LogP contribution in [0.1, 0.15) is 15.9 Å². The van der Waals surface area contributed by atoms with Crippen LogP contribution in [0.4, 0.5) is 0 Å². The molecule has 0 spiro atoms. The topological polar surface area (TPSA) is 195 Å². The fourth-order valence-corrected chi connectivity index (χ4v) is 3.57. The highest BCUT2D eigenvalue weighted by Crippen LogP contribution is 2.32. The molecule has 0 aromatic heterocycles. The summed E-state index contributed by atoms with van der Waals surface area (Å²) in [4.78, 5) is 12.4. The number of nitrogens with two attached hydrogens (primary N) is 1. The average molecular weight is 478 g/mol. The van der Waals surface area contributed by atoms with Crippen LogP contribution in [0.2, 0.25) is 0 Å². The molecule has 186 valence electrons. The molecule has 34 heavy (non-hydrogen) atoms. The summed E-state index contributed by atoms with van der Waals surface area (Å²) in [5.41, 5.74) is 5.73. The van der Waals surface area contributed by atoms with E-state index in [4.69, 9.17) is 25.4 Å². The predicted octanol–water partition coefficient (Wildman–Crippen LogP) is -1.79. The van der Waals surface area contributed by atoms with Crippen LogP contribution in [0, 0.1) is 6.92 Å². The Kier molecular flexibility index (Phi) is 8.23. The molecule has 11 nitrogen and oxygen atoms in total. The SMILES string of the molecule is Cc1cc(-c2cccc(C(=O)NC(CO)CO)c2)ccc1O[C@H]1O[C@H](CO)[C@@H](O)[C@H](O)[C@]1(N)O. The van der Waals surface area contributed by atoms with Crippen molar-refractivity contribution in [2.24, 2.45) is 5.73 Å². The first kappa shape index (κ1) is 26.0. The van der Waals surface area contributed by atoms with Crippen LogP contribution < -0.4 is 15.8 Å². The highest BCUT2D eigenvalue weighted by Gasteiger charge is 2.54. The molecule has 1 fully saturated rings. The Labute approximate surface area is 196 Å². The van der Waals surface area contributed by atoms with E-state index in [1.54, 1.807) is 49.4 Å². The van der Waals surface area contributed by atoms with Gasteiger partial charge in [0.2, 0.25) is 12.0 Å². The molecule has 1 amide bonds. The number of hydrogen-bond acceptors (Lipinski definition) is 10. The van der Waals surface area contributed by atoms with Gasteiger partial charge >= 0.3 is 0 Å². The van der Waals surface area contributed by atoms with Gasteiger partial charge in [0, 0.05) is 5.56 Å². The third-order valence-corrected chi connectivity index (χ3v) is 5.68. The van der Waals surface area contributed by atoms with E-state index in [0.717, 1.165) is 11.1 Å². The summed E-state index contributed by atoms with van der Waals surface area (Å²) in [5, 5.41) is 60.7. The molecule has 0 saturated carbocycles. The van der Waals surface area contributed by atoms with Crippen molar-refractivity contribution >= 4 is 5.91 Å². The van der Waals surface area contributed by atoms with Gasteiger partial charge in [0.15, 0.2) is 0 Å². The van der Waals surface area contributed by atoms with Crippen molar-refractivity contribution in [3.63, 3.8) is 0 Å². The van der Waals surface area contributed by atoms with Crippen LogP contribution in [-0.2, 0) is 4.74 Å². The Morgan fingerprint density at radius 2 is 1.82 bits per heavy atom. The van der Waals surface area contributed by atoms with E-state index in [9.17, 15) is 25.2 Å². The summed E-state index contributed by atoms with van der Waals surface area (Å²) in [6.07, 6.45) is -6.18. The molecular weight excluding hydrogens is 448 g/mol. The number of hydrogen-bond donors (Lipinski definition) is 8. The minimum atomic E-state index is -2.43. The van der Waals surface area contributed by atoms with Gasteiger partial charge in [-0.2, -0.15) is 0 Å². The molecule has 1 aliphatic heterocycles. The highest BCUT2D eigenvalue weighted by molar-refractivity contribution is 5.95. The summed E-state index contributed by atoms with van der Waals surface area (Å²) < 4.78 is 11.0. The lowest BCUT2D eigenvalue weighted by Gasteiger charge is -2.45.